The zero-order valence-corrected chi connectivity index (χ0v) is 13.2. The molecule has 0 atom stereocenters. The second kappa shape index (κ2) is 7.73. The number of nitrogens with one attached hydrogen (secondary N) is 1. The zero-order valence-electron chi connectivity index (χ0n) is 12.4. The van der Waals surface area contributed by atoms with Crippen molar-refractivity contribution in [2.24, 2.45) is 5.10 Å². The van der Waals surface area contributed by atoms with Gasteiger partial charge in [0.2, 0.25) is 4.77 Å². The first-order chi connectivity index (χ1) is 10.3. The maximum Gasteiger partial charge on any atom is 0.216 e. The van der Waals surface area contributed by atoms with E-state index in [1.165, 1.54) is 0 Å². The van der Waals surface area contributed by atoms with Gasteiger partial charge in [0.25, 0.3) is 0 Å². The molecule has 2 aromatic rings. The Balaban J connectivity index is 2.25. The number of hydrogen-bond acceptors (Lipinski definition) is 4. The lowest BCUT2D eigenvalue weighted by atomic mass is 10.2. The van der Waals surface area contributed by atoms with Crippen LogP contribution in [0.5, 0.6) is 5.75 Å². The minimum atomic E-state index is 0.506. The summed E-state index contributed by atoms with van der Waals surface area (Å²) in [6.07, 6.45) is 4.78. The molecule has 0 fully saturated rings. The Hall–Kier alpha value is -1.95. The fourth-order valence-corrected chi connectivity index (χ4v) is 2.13. The molecule has 0 saturated carbocycles. The van der Waals surface area contributed by atoms with Crippen molar-refractivity contribution in [2.45, 2.75) is 33.1 Å². The van der Waals surface area contributed by atoms with Gasteiger partial charge in [-0.3, -0.25) is 5.10 Å². The summed E-state index contributed by atoms with van der Waals surface area (Å²) in [7, 11) is 0. The topological polar surface area (TPSA) is 55.2 Å². The number of aryl methyl sites for hydroxylation is 1. The molecular formula is C15H20N4OS. The molecule has 0 radical (unpaired) electrons. The fourth-order valence-electron chi connectivity index (χ4n) is 1.93. The molecule has 0 unspecified atom stereocenters. The van der Waals surface area contributed by atoms with Crippen LogP contribution in [0.4, 0.5) is 0 Å². The van der Waals surface area contributed by atoms with Gasteiger partial charge in [-0.15, -0.1) is 0 Å². The molecule has 21 heavy (non-hydrogen) atoms. The molecule has 1 heterocycles. The molecule has 0 amide bonds. The molecule has 5 nitrogen and oxygen atoms in total. The van der Waals surface area contributed by atoms with Crippen molar-refractivity contribution in [2.75, 3.05) is 6.61 Å². The highest BCUT2D eigenvalue weighted by atomic mass is 32.1. The molecule has 0 aliphatic heterocycles. The monoisotopic (exact) mass is 304 g/mol. The zero-order chi connectivity index (χ0) is 15.1. The Morgan fingerprint density at radius 1 is 1.38 bits per heavy atom. The number of aromatic amines is 1. The van der Waals surface area contributed by atoms with Crippen molar-refractivity contribution in [3.05, 3.63) is 40.4 Å². The van der Waals surface area contributed by atoms with E-state index in [0.29, 0.717) is 11.4 Å². The summed E-state index contributed by atoms with van der Waals surface area (Å²) in [6, 6.07) is 7.79. The van der Waals surface area contributed by atoms with Gasteiger partial charge in [-0.05, 0) is 37.7 Å². The molecule has 0 aliphatic carbocycles. The van der Waals surface area contributed by atoms with Gasteiger partial charge in [0, 0.05) is 12.0 Å². The molecule has 112 valence electrons. The number of unbranched alkanes of at least 4 members (excludes halogenated alkanes) is 1. The Morgan fingerprint density at radius 2 is 2.19 bits per heavy atom. The van der Waals surface area contributed by atoms with Crippen LogP contribution in [-0.4, -0.2) is 27.7 Å². The van der Waals surface area contributed by atoms with E-state index in [4.69, 9.17) is 17.0 Å². The number of aromatic nitrogens is 3. The molecule has 0 aliphatic rings. The van der Waals surface area contributed by atoms with Crippen molar-refractivity contribution in [3.8, 4) is 5.75 Å². The summed E-state index contributed by atoms with van der Waals surface area (Å²) >= 11 is 5.22. The number of hydrogen-bond donors (Lipinski definition) is 1. The van der Waals surface area contributed by atoms with Crippen molar-refractivity contribution in [3.63, 3.8) is 0 Å². The van der Waals surface area contributed by atoms with Gasteiger partial charge in [0.1, 0.15) is 5.75 Å². The van der Waals surface area contributed by atoms with Crippen molar-refractivity contribution in [1.82, 2.24) is 14.9 Å². The summed E-state index contributed by atoms with van der Waals surface area (Å²) in [5, 5.41) is 11.5. The molecule has 1 N–H and O–H groups in total. The maximum atomic E-state index is 5.58. The average Bonchev–Trinajstić information content (AvgIpc) is 2.85. The van der Waals surface area contributed by atoms with Crippen LogP contribution in [0, 0.1) is 4.77 Å². The first kappa shape index (κ1) is 15.4. The van der Waals surface area contributed by atoms with Crippen molar-refractivity contribution >= 4 is 18.4 Å². The van der Waals surface area contributed by atoms with E-state index < -0.39 is 0 Å². The molecule has 0 spiro atoms. The molecule has 0 bridgehead atoms. The van der Waals surface area contributed by atoms with Gasteiger partial charge in [-0.1, -0.05) is 25.5 Å². The highest BCUT2D eigenvalue weighted by molar-refractivity contribution is 7.71. The highest BCUT2D eigenvalue weighted by Gasteiger charge is 2.05. The van der Waals surface area contributed by atoms with Gasteiger partial charge in [0.05, 0.1) is 12.8 Å². The molecule has 1 aromatic carbocycles. The SMILES string of the molecule is CCCCc1n[nH]c(=S)n1/N=C/c1ccccc1OCC. The number of ether oxygens (including phenoxy) is 1. The fraction of sp³-hybridized carbons (Fsp3) is 0.400. The van der Waals surface area contributed by atoms with Crippen LogP contribution in [0.15, 0.2) is 29.4 Å². The third kappa shape index (κ3) is 4.01. The molecule has 0 saturated heterocycles. The second-order valence-electron chi connectivity index (χ2n) is 4.58. The minimum absolute atomic E-state index is 0.506. The quantitative estimate of drug-likeness (QED) is 0.628. The first-order valence-electron chi connectivity index (χ1n) is 7.18. The lowest BCUT2D eigenvalue weighted by Crippen LogP contribution is -2.00. The van der Waals surface area contributed by atoms with E-state index >= 15 is 0 Å². The number of nitrogens with zero attached hydrogens (tertiary/aromatic N) is 3. The minimum Gasteiger partial charge on any atom is -0.493 e. The third-order valence-electron chi connectivity index (χ3n) is 3.00. The lowest BCUT2D eigenvalue weighted by Gasteiger charge is -2.06. The number of H-pyrrole nitrogens is 1. The predicted octanol–water partition coefficient (Wildman–Crippen LogP) is 3.56. The Bertz CT molecular complexity index is 660. The second-order valence-corrected chi connectivity index (χ2v) is 4.96. The lowest BCUT2D eigenvalue weighted by molar-refractivity contribution is 0.340. The van der Waals surface area contributed by atoms with E-state index in [2.05, 4.69) is 22.2 Å². The standard InChI is InChI=1S/C15H20N4OS/c1-3-5-10-14-17-18-15(21)19(14)16-11-12-8-6-7-9-13(12)20-4-2/h6-9,11H,3-5,10H2,1-2H3,(H,18,21)/b16-11+. The van der Waals surface area contributed by atoms with Crippen LogP contribution >= 0.6 is 12.2 Å². The smallest absolute Gasteiger partial charge is 0.216 e. The van der Waals surface area contributed by atoms with Gasteiger partial charge in [-0.25, -0.2) is 0 Å². The van der Waals surface area contributed by atoms with E-state index in [1.807, 2.05) is 31.2 Å². The van der Waals surface area contributed by atoms with Crippen LogP contribution in [0.25, 0.3) is 0 Å². The van der Waals surface area contributed by atoms with E-state index in [0.717, 1.165) is 36.4 Å². The average molecular weight is 304 g/mol. The largest absolute Gasteiger partial charge is 0.493 e. The van der Waals surface area contributed by atoms with Crippen LogP contribution in [-0.2, 0) is 6.42 Å². The number of benzene rings is 1. The van der Waals surface area contributed by atoms with Crippen LogP contribution in [0.2, 0.25) is 0 Å². The predicted molar refractivity (Wildman–Crippen MR) is 86.6 cm³/mol. The summed E-state index contributed by atoms with van der Waals surface area (Å²) in [6.45, 7) is 4.73. The van der Waals surface area contributed by atoms with E-state index in [-0.39, 0.29) is 0 Å². The Kier molecular flexibility index (Phi) is 5.68. The van der Waals surface area contributed by atoms with Crippen molar-refractivity contribution < 1.29 is 4.74 Å². The molecule has 1 aromatic heterocycles. The molecule has 2 rings (SSSR count). The highest BCUT2D eigenvalue weighted by Crippen LogP contribution is 2.16. The van der Waals surface area contributed by atoms with Crippen LogP contribution < -0.4 is 4.74 Å². The van der Waals surface area contributed by atoms with Gasteiger partial charge in [-0.2, -0.15) is 14.9 Å². The summed E-state index contributed by atoms with van der Waals surface area (Å²) < 4.78 is 7.76. The number of para-hydroxylation sites is 1. The summed E-state index contributed by atoms with van der Waals surface area (Å²) in [4.78, 5) is 0. The third-order valence-corrected chi connectivity index (χ3v) is 3.27. The molecular weight excluding hydrogens is 284 g/mol. The Labute approximate surface area is 129 Å². The van der Waals surface area contributed by atoms with Crippen molar-refractivity contribution in [1.29, 1.82) is 0 Å². The Morgan fingerprint density at radius 3 is 2.95 bits per heavy atom. The van der Waals surface area contributed by atoms with Crippen LogP contribution in [0.1, 0.15) is 38.1 Å². The molecule has 6 heteroatoms. The van der Waals surface area contributed by atoms with Gasteiger partial charge < -0.3 is 4.74 Å². The summed E-state index contributed by atoms with van der Waals surface area (Å²) in [5.74, 6) is 1.67. The number of rotatable bonds is 7. The van der Waals surface area contributed by atoms with E-state index in [1.54, 1.807) is 10.9 Å². The van der Waals surface area contributed by atoms with Gasteiger partial charge >= 0.3 is 0 Å². The first-order valence-corrected chi connectivity index (χ1v) is 7.59. The summed E-state index contributed by atoms with van der Waals surface area (Å²) in [5.41, 5.74) is 0.920. The maximum absolute atomic E-state index is 5.58. The normalized spacial score (nSPS) is 11.1. The van der Waals surface area contributed by atoms with Gasteiger partial charge in [0.15, 0.2) is 5.82 Å². The van der Waals surface area contributed by atoms with E-state index in [9.17, 15) is 0 Å². The van der Waals surface area contributed by atoms with Crippen LogP contribution in [0.3, 0.4) is 0 Å².